The van der Waals surface area contributed by atoms with Crippen molar-refractivity contribution in [1.82, 2.24) is 9.80 Å². The number of carbonyl (C=O) groups is 2. The fourth-order valence-corrected chi connectivity index (χ4v) is 3.34. The smallest absolute Gasteiger partial charge is 0.259 e. The topological polar surface area (TPSA) is 61.9 Å². The molecule has 1 saturated heterocycles. The highest BCUT2D eigenvalue weighted by Crippen LogP contribution is 2.24. The zero-order valence-corrected chi connectivity index (χ0v) is 17.0. The van der Waals surface area contributed by atoms with Crippen molar-refractivity contribution in [2.24, 2.45) is 0 Å². The maximum atomic E-state index is 12.7. The van der Waals surface area contributed by atoms with Crippen LogP contribution in [0.15, 0.2) is 46.9 Å². The van der Waals surface area contributed by atoms with E-state index in [-0.39, 0.29) is 11.8 Å². The molecule has 0 radical (unpaired) electrons. The summed E-state index contributed by atoms with van der Waals surface area (Å²) in [6.45, 7) is 3.15. The summed E-state index contributed by atoms with van der Waals surface area (Å²) in [4.78, 5) is 29.4. The molecular formula is C20H22BrN3O3. The molecule has 2 aromatic carbocycles. The number of nitrogens with one attached hydrogen (secondary N) is 1. The molecule has 6 nitrogen and oxygen atoms in total. The van der Waals surface area contributed by atoms with Crippen LogP contribution in [0.5, 0.6) is 5.75 Å². The van der Waals surface area contributed by atoms with E-state index in [1.807, 2.05) is 18.0 Å². The Morgan fingerprint density at radius 1 is 1.07 bits per heavy atom. The second-order valence-corrected chi connectivity index (χ2v) is 7.39. The number of halogens is 1. The summed E-state index contributed by atoms with van der Waals surface area (Å²) >= 11 is 3.37. The average Bonchev–Trinajstić information content (AvgIpc) is 2.68. The zero-order chi connectivity index (χ0) is 19.4. The lowest BCUT2D eigenvalue weighted by Gasteiger charge is -2.32. The van der Waals surface area contributed by atoms with Gasteiger partial charge in [-0.15, -0.1) is 0 Å². The molecule has 0 unspecified atom stereocenters. The SMILES string of the molecule is COc1ccc(Br)cc1C(=O)Nc1cccc(C(=O)N2CCN(C)CC2)c1. The van der Waals surface area contributed by atoms with E-state index >= 15 is 0 Å². The molecule has 1 N–H and O–H groups in total. The third-order valence-electron chi connectivity index (χ3n) is 4.56. The van der Waals surface area contributed by atoms with E-state index in [1.165, 1.54) is 7.11 Å². The van der Waals surface area contributed by atoms with Crippen LogP contribution in [0.1, 0.15) is 20.7 Å². The number of hydrogen-bond donors (Lipinski definition) is 1. The van der Waals surface area contributed by atoms with Crippen LogP contribution >= 0.6 is 15.9 Å². The standard InChI is InChI=1S/C20H22BrN3O3/c1-23-8-10-24(11-9-23)20(26)14-4-3-5-16(12-14)22-19(25)17-13-15(21)6-7-18(17)27-2/h3-7,12-13H,8-11H2,1-2H3,(H,22,25). The minimum absolute atomic E-state index is 0.0146. The molecule has 142 valence electrons. The predicted molar refractivity (Wildman–Crippen MR) is 108 cm³/mol. The number of amides is 2. The number of methoxy groups -OCH3 is 1. The molecule has 0 aliphatic carbocycles. The molecule has 3 rings (SSSR count). The quantitative estimate of drug-likeness (QED) is 0.807. The lowest BCUT2D eigenvalue weighted by molar-refractivity contribution is 0.0664. The van der Waals surface area contributed by atoms with Crippen molar-refractivity contribution in [3.63, 3.8) is 0 Å². The highest BCUT2D eigenvalue weighted by Gasteiger charge is 2.21. The van der Waals surface area contributed by atoms with Gasteiger partial charge in [-0.05, 0) is 43.4 Å². The van der Waals surface area contributed by atoms with Gasteiger partial charge in [0.25, 0.3) is 11.8 Å². The van der Waals surface area contributed by atoms with E-state index in [0.29, 0.717) is 35.7 Å². The lowest BCUT2D eigenvalue weighted by Crippen LogP contribution is -2.47. The number of benzene rings is 2. The maximum Gasteiger partial charge on any atom is 0.259 e. The van der Waals surface area contributed by atoms with Gasteiger partial charge in [0, 0.05) is 41.9 Å². The zero-order valence-electron chi connectivity index (χ0n) is 15.4. The Morgan fingerprint density at radius 3 is 2.52 bits per heavy atom. The Kier molecular flexibility index (Phi) is 6.13. The second-order valence-electron chi connectivity index (χ2n) is 6.48. The summed E-state index contributed by atoms with van der Waals surface area (Å²) in [7, 11) is 3.57. The summed E-state index contributed by atoms with van der Waals surface area (Å²) in [5.41, 5.74) is 1.56. The number of anilines is 1. The van der Waals surface area contributed by atoms with Gasteiger partial charge in [0.2, 0.25) is 0 Å². The molecule has 2 amide bonds. The molecule has 1 heterocycles. The third kappa shape index (κ3) is 4.67. The highest BCUT2D eigenvalue weighted by molar-refractivity contribution is 9.10. The van der Waals surface area contributed by atoms with Crippen LogP contribution in [0.25, 0.3) is 0 Å². The first kappa shape index (κ1) is 19.4. The first-order valence-electron chi connectivity index (χ1n) is 8.70. The van der Waals surface area contributed by atoms with E-state index in [2.05, 4.69) is 26.1 Å². The Hall–Kier alpha value is -2.38. The number of carbonyl (C=O) groups excluding carboxylic acids is 2. The first-order valence-corrected chi connectivity index (χ1v) is 9.50. The van der Waals surface area contributed by atoms with Gasteiger partial charge in [0.15, 0.2) is 0 Å². The van der Waals surface area contributed by atoms with Gasteiger partial charge in [0.05, 0.1) is 12.7 Å². The second kappa shape index (κ2) is 8.54. The molecule has 27 heavy (non-hydrogen) atoms. The molecule has 1 fully saturated rings. The highest BCUT2D eigenvalue weighted by atomic mass is 79.9. The number of ether oxygens (including phenoxy) is 1. The van der Waals surface area contributed by atoms with Crippen molar-refractivity contribution in [3.8, 4) is 5.75 Å². The van der Waals surface area contributed by atoms with E-state index in [9.17, 15) is 9.59 Å². The molecule has 0 spiro atoms. The Morgan fingerprint density at radius 2 is 1.81 bits per heavy atom. The summed E-state index contributed by atoms with van der Waals surface area (Å²) in [6.07, 6.45) is 0. The van der Waals surface area contributed by atoms with Crippen molar-refractivity contribution in [1.29, 1.82) is 0 Å². The fourth-order valence-electron chi connectivity index (χ4n) is 2.98. The van der Waals surface area contributed by atoms with Crippen molar-refractivity contribution in [2.45, 2.75) is 0 Å². The van der Waals surface area contributed by atoms with Gasteiger partial charge in [-0.2, -0.15) is 0 Å². The number of likely N-dealkylation sites (N-methyl/N-ethyl adjacent to an activating group) is 1. The molecule has 0 aromatic heterocycles. The van der Waals surface area contributed by atoms with Gasteiger partial charge >= 0.3 is 0 Å². The number of piperazine rings is 1. The molecule has 2 aromatic rings. The van der Waals surface area contributed by atoms with Crippen LogP contribution in [-0.4, -0.2) is 62.0 Å². The molecule has 1 aliphatic heterocycles. The number of rotatable bonds is 4. The van der Waals surface area contributed by atoms with E-state index in [4.69, 9.17) is 4.74 Å². The number of nitrogens with zero attached hydrogens (tertiary/aromatic N) is 2. The van der Waals surface area contributed by atoms with E-state index in [0.717, 1.165) is 17.6 Å². The Balaban J connectivity index is 1.75. The van der Waals surface area contributed by atoms with Gasteiger partial charge in [-0.25, -0.2) is 0 Å². The minimum Gasteiger partial charge on any atom is -0.496 e. The number of hydrogen-bond acceptors (Lipinski definition) is 4. The summed E-state index contributed by atoms with van der Waals surface area (Å²) in [6, 6.07) is 12.3. The van der Waals surface area contributed by atoms with Crippen LogP contribution in [0.4, 0.5) is 5.69 Å². The van der Waals surface area contributed by atoms with Gasteiger partial charge in [-0.1, -0.05) is 22.0 Å². The maximum absolute atomic E-state index is 12.7. The van der Waals surface area contributed by atoms with Crippen LogP contribution in [0.3, 0.4) is 0 Å². The molecule has 0 saturated carbocycles. The van der Waals surface area contributed by atoms with Crippen molar-refractivity contribution in [3.05, 3.63) is 58.1 Å². The molecule has 0 bridgehead atoms. The van der Waals surface area contributed by atoms with E-state index in [1.54, 1.807) is 36.4 Å². The van der Waals surface area contributed by atoms with Crippen molar-refractivity contribution < 1.29 is 14.3 Å². The van der Waals surface area contributed by atoms with Gasteiger partial charge in [-0.3, -0.25) is 9.59 Å². The lowest BCUT2D eigenvalue weighted by atomic mass is 10.1. The average molecular weight is 432 g/mol. The fraction of sp³-hybridized carbons (Fsp3) is 0.300. The van der Waals surface area contributed by atoms with Crippen molar-refractivity contribution in [2.75, 3.05) is 45.7 Å². The van der Waals surface area contributed by atoms with Crippen LogP contribution in [0, 0.1) is 0 Å². The first-order chi connectivity index (χ1) is 13.0. The summed E-state index contributed by atoms with van der Waals surface area (Å²) in [5.74, 6) is 0.178. The Labute approximate surface area is 167 Å². The normalized spacial score (nSPS) is 14.7. The molecular weight excluding hydrogens is 410 g/mol. The van der Waals surface area contributed by atoms with Crippen LogP contribution < -0.4 is 10.1 Å². The summed E-state index contributed by atoms with van der Waals surface area (Å²) in [5, 5.41) is 2.85. The van der Waals surface area contributed by atoms with Crippen molar-refractivity contribution >= 4 is 33.4 Å². The van der Waals surface area contributed by atoms with Crippen LogP contribution in [-0.2, 0) is 0 Å². The minimum atomic E-state index is -0.294. The largest absolute Gasteiger partial charge is 0.496 e. The Bertz CT molecular complexity index is 848. The van der Waals surface area contributed by atoms with Gasteiger partial charge in [0.1, 0.15) is 5.75 Å². The summed E-state index contributed by atoms with van der Waals surface area (Å²) < 4.78 is 6.05. The van der Waals surface area contributed by atoms with E-state index < -0.39 is 0 Å². The monoisotopic (exact) mass is 431 g/mol. The van der Waals surface area contributed by atoms with Crippen LogP contribution in [0.2, 0.25) is 0 Å². The molecule has 7 heteroatoms. The third-order valence-corrected chi connectivity index (χ3v) is 5.06. The molecule has 1 aliphatic rings. The predicted octanol–water partition coefficient (Wildman–Crippen LogP) is 3.10. The molecule has 0 atom stereocenters. The van der Waals surface area contributed by atoms with Gasteiger partial charge < -0.3 is 19.9 Å².